The number of rotatable bonds is 7. The molecule has 0 bridgehead atoms. The molecular formula is C20H20N4O5. The fourth-order valence-electron chi connectivity index (χ4n) is 3.41. The molecule has 1 aliphatic rings. The molecule has 2 aromatic heterocycles. The predicted molar refractivity (Wildman–Crippen MR) is 103 cm³/mol. The van der Waals surface area contributed by atoms with E-state index in [-0.39, 0.29) is 24.9 Å². The van der Waals surface area contributed by atoms with Crippen molar-refractivity contribution in [3.8, 4) is 11.5 Å². The summed E-state index contributed by atoms with van der Waals surface area (Å²) in [5, 5.41) is 7.32. The van der Waals surface area contributed by atoms with E-state index < -0.39 is 5.91 Å². The average molecular weight is 396 g/mol. The highest BCUT2D eigenvalue weighted by Crippen LogP contribution is 2.40. The van der Waals surface area contributed by atoms with Crippen molar-refractivity contribution in [2.24, 2.45) is 5.73 Å². The Hall–Kier alpha value is -3.75. The second kappa shape index (κ2) is 7.70. The van der Waals surface area contributed by atoms with Crippen LogP contribution in [-0.2, 0) is 16.1 Å². The summed E-state index contributed by atoms with van der Waals surface area (Å²) in [7, 11) is 1.51. The number of amides is 2. The number of ether oxygens (including phenoxy) is 2. The molecule has 3 heterocycles. The molecule has 9 nitrogen and oxygen atoms in total. The second-order valence-electron chi connectivity index (χ2n) is 6.66. The minimum Gasteiger partial charge on any atom is -0.493 e. The van der Waals surface area contributed by atoms with E-state index in [0.717, 1.165) is 16.9 Å². The van der Waals surface area contributed by atoms with Gasteiger partial charge in [0.25, 0.3) is 5.91 Å². The van der Waals surface area contributed by atoms with Gasteiger partial charge in [-0.1, -0.05) is 6.07 Å². The fraction of sp³-hybridized carbons (Fsp3) is 0.250. The second-order valence-corrected chi connectivity index (χ2v) is 6.66. The molecule has 0 aliphatic carbocycles. The molecule has 150 valence electrons. The van der Waals surface area contributed by atoms with E-state index in [0.29, 0.717) is 23.9 Å². The Morgan fingerprint density at radius 3 is 2.97 bits per heavy atom. The van der Waals surface area contributed by atoms with Crippen molar-refractivity contribution >= 4 is 17.6 Å². The number of methoxy groups -OCH3 is 1. The van der Waals surface area contributed by atoms with E-state index in [2.05, 4.69) is 10.4 Å². The monoisotopic (exact) mass is 396 g/mol. The molecule has 29 heavy (non-hydrogen) atoms. The summed E-state index contributed by atoms with van der Waals surface area (Å²) >= 11 is 0. The van der Waals surface area contributed by atoms with Gasteiger partial charge in [-0.2, -0.15) is 5.10 Å². The lowest BCUT2D eigenvalue weighted by Crippen LogP contribution is -2.25. The first-order chi connectivity index (χ1) is 14.0. The summed E-state index contributed by atoms with van der Waals surface area (Å²) in [6.45, 7) is 0.141. The van der Waals surface area contributed by atoms with Crippen molar-refractivity contribution < 1.29 is 23.5 Å². The molecule has 1 atom stereocenters. The third-order valence-corrected chi connectivity index (χ3v) is 4.74. The van der Waals surface area contributed by atoms with Crippen molar-refractivity contribution in [1.29, 1.82) is 0 Å². The lowest BCUT2D eigenvalue weighted by Gasteiger charge is -2.24. The molecule has 1 aliphatic heterocycles. The zero-order valence-electron chi connectivity index (χ0n) is 15.8. The van der Waals surface area contributed by atoms with Crippen LogP contribution >= 0.6 is 0 Å². The van der Waals surface area contributed by atoms with E-state index in [1.165, 1.54) is 7.11 Å². The molecule has 3 aromatic rings. The standard InChI is InChI=1S/C20H20N4O5/c1-27-16-5-4-12(7-17(16)29-11-18(21)25)14-8-19(26)23-20-15(14)9-22-24(20)10-13-3-2-6-28-13/h2-7,9,14H,8,10-11H2,1H3,(H2,21,25)(H,23,26). The number of nitrogens with one attached hydrogen (secondary N) is 1. The predicted octanol–water partition coefficient (Wildman–Crippen LogP) is 1.87. The molecule has 0 saturated carbocycles. The van der Waals surface area contributed by atoms with E-state index in [9.17, 15) is 9.59 Å². The molecule has 4 rings (SSSR count). The molecule has 9 heteroatoms. The van der Waals surface area contributed by atoms with Crippen molar-refractivity contribution in [2.45, 2.75) is 18.9 Å². The van der Waals surface area contributed by atoms with Gasteiger partial charge < -0.3 is 24.9 Å². The normalized spacial score (nSPS) is 15.5. The summed E-state index contributed by atoms with van der Waals surface area (Å²) in [6, 6.07) is 9.02. The summed E-state index contributed by atoms with van der Waals surface area (Å²) in [5.41, 5.74) is 6.91. The van der Waals surface area contributed by atoms with Crippen LogP contribution < -0.4 is 20.5 Å². The summed E-state index contributed by atoms with van der Waals surface area (Å²) in [5.74, 6) is 1.32. The molecule has 3 N–H and O–H groups in total. The van der Waals surface area contributed by atoms with Gasteiger partial charge in [-0.15, -0.1) is 0 Å². The van der Waals surface area contributed by atoms with Gasteiger partial charge in [-0.25, -0.2) is 4.68 Å². The highest BCUT2D eigenvalue weighted by atomic mass is 16.5. The van der Waals surface area contributed by atoms with Crippen molar-refractivity contribution in [1.82, 2.24) is 9.78 Å². The van der Waals surface area contributed by atoms with E-state index >= 15 is 0 Å². The fourth-order valence-corrected chi connectivity index (χ4v) is 3.41. The van der Waals surface area contributed by atoms with Gasteiger partial charge in [0.15, 0.2) is 18.1 Å². The Morgan fingerprint density at radius 1 is 1.38 bits per heavy atom. The number of hydrogen-bond acceptors (Lipinski definition) is 6. The van der Waals surface area contributed by atoms with Crippen molar-refractivity contribution in [3.05, 3.63) is 59.7 Å². The molecule has 2 amide bonds. The molecule has 1 unspecified atom stereocenters. The first-order valence-corrected chi connectivity index (χ1v) is 9.02. The Balaban J connectivity index is 1.68. The minimum absolute atomic E-state index is 0.112. The molecule has 0 fully saturated rings. The number of primary amides is 1. The van der Waals surface area contributed by atoms with Crippen LogP contribution in [0.5, 0.6) is 11.5 Å². The van der Waals surface area contributed by atoms with E-state index in [1.54, 1.807) is 35.3 Å². The summed E-state index contributed by atoms with van der Waals surface area (Å²) < 4.78 is 17.9. The lowest BCUT2D eigenvalue weighted by molar-refractivity contribution is -0.120. The number of nitrogens with two attached hydrogens (primary N) is 1. The first kappa shape index (κ1) is 18.6. The van der Waals surface area contributed by atoms with Crippen LogP contribution in [0.3, 0.4) is 0 Å². The van der Waals surface area contributed by atoms with Gasteiger partial charge in [-0.05, 0) is 29.8 Å². The van der Waals surface area contributed by atoms with Gasteiger partial charge in [0.05, 0.1) is 19.6 Å². The number of fused-ring (bicyclic) bond motifs is 1. The molecule has 0 radical (unpaired) electrons. The largest absolute Gasteiger partial charge is 0.493 e. The number of benzene rings is 1. The maximum Gasteiger partial charge on any atom is 0.255 e. The van der Waals surface area contributed by atoms with Crippen LogP contribution in [0, 0.1) is 0 Å². The highest BCUT2D eigenvalue weighted by Gasteiger charge is 2.30. The Bertz CT molecular complexity index is 1040. The number of carbonyl (C=O) groups is 2. The molecule has 0 spiro atoms. The number of nitrogens with zero attached hydrogens (tertiary/aromatic N) is 2. The summed E-state index contributed by atoms with van der Waals surface area (Å²) in [6.07, 6.45) is 3.61. The smallest absolute Gasteiger partial charge is 0.255 e. The van der Waals surface area contributed by atoms with E-state index in [1.807, 2.05) is 12.1 Å². The summed E-state index contributed by atoms with van der Waals surface area (Å²) in [4.78, 5) is 23.5. The third kappa shape index (κ3) is 3.79. The van der Waals surface area contributed by atoms with Crippen molar-refractivity contribution in [2.75, 3.05) is 19.0 Å². The SMILES string of the molecule is COc1ccc(C2CC(=O)Nc3c2cnn3Cc2ccco2)cc1OCC(N)=O. The number of hydrogen-bond donors (Lipinski definition) is 2. The Kier molecular flexibility index (Phi) is 4.94. The van der Waals surface area contributed by atoms with Crippen LogP contribution in [-0.4, -0.2) is 35.3 Å². The first-order valence-electron chi connectivity index (χ1n) is 9.02. The number of carbonyl (C=O) groups excluding carboxylic acids is 2. The van der Waals surface area contributed by atoms with Gasteiger partial charge in [0.1, 0.15) is 18.1 Å². The minimum atomic E-state index is -0.587. The van der Waals surface area contributed by atoms with Gasteiger partial charge >= 0.3 is 0 Å². The highest BCUT2D eigenvalue weighted by molar-refractivity contribution is 5.94. The van der Waals surface area contributed by atoms with Crippen molar-refractivity contribution in [3.63, 3.8) is 0 Å². The maximum atomic E-state index is 12.4. The molecular weight excluding hydrogens is 376 g/mol. The van der Waals surface area contributed by atoms with Crippen LogP contribution in [0.2, 0.25) is 0 Å². The maximum absolute atomic E-state index is 12.4. The van der Waals surface area contributed by atoms with E-state index in [4.69, 9.17) is 19.6 Å². The third-order valence-electron chi connectivity index (χ3n) is 4.74. The van der Waals surface area contributed by atoms with Gasteiger partial charge in [0.2, 0.25) is 5.91 Å². The number of anilines is 1. The van der Waals surface area contributed by atoms with Gasteiger partial charge in [-0.3, -0.25) is 9.59 Å². The Morgan fingerprint density at radius 2 is 2.24 bits per heavy atom. The molecule has 1 aromatic carbocycles. The zero-order chi connectivity index (χ0) is 20.4. The Labute approximate surface area is 166 Å². The topological polar surface area (TPSA) is 122 Å². The average Bonchev–Trinajstić information content (AvgIpc) is 3.36. The lowest BCUT2D eigenvalue weighted by atomic mass is 9.87. The van der Waals surface area contributed by atoms with Crippen LogP contribution in [0.25, 0.3) is 0 Å². The van der Waals surface area contributed by atoms with Crippen LogP contribution in [0.4, 0.5) is 5.82 Å². The van der Waals surface area contributed by atoms with Crippen LogP contribution in [0.1, 0.15) is 29.2 Å². The van der Waals surface area contributed by atoms with Gasteiger partial charge in [0, 0.05) is 17.9 Å². The molecule has 0 saturated heterocycles. The van der Waals surface area contributed by atoms with Crippen LogP contribution in [0.15, 0.2) is 47.2 Å². The quantitative estimate of drug-likeness (QED) is 0.629. The number of furan rings is 1. The number of aromatic nitrogens is 2. The zero-order valence-corrected chi connectivity index (χ0v) is 15.8.